The van der Waals surface area contributed by atoms with Crippen LogP contribution < -0.4 is 16.0 Å². The number of hydrogen-bond donors (Lipinski definition) is 3. The molecule has 3 N–H and O–H groups in total. The zero-order valence-electron chi connectivity index (χ0n) is 22.6. The minimum absolute atomic E-state index is 0.0437. The number of carbonyl (C=O) groups excluding carboxylic acids is 1. The van der Waals surface area contributed by atoms with Crippen molar-refractivity contribution in [3.8, 4) is 6.19 Å². The van der Waals surface area contributed by atoms with Crippen LogP contribution in [0.1, 0.15) is 20.8 Å². The first-order valence-corrected chi connectivity index (χ1v) is 13.9. The molecule has 9 nitrogen and oxygen atoms in total. The van der Waals surface area contributed by atoms with Crippen molar-refractivity contribution in [3.05, 3.63) is 82.2 Å². The fourth-order valence-electron chi connectivity index (χ4n) is 4.62. The normalized spacial score (nSPS) is 14.5. The van der Waals surface area contributed by atoms with Gasteiger partial charge in [-0.2, -0.15) is 18.4 Å². The van der Waals surface area contributed by atoms with Gasteiger partial charge in [0.2, 0.25) is 12.2 Å². The second-order valence-corrected chi connectivity index (χ2v) is 10.6. The molecule has 1 aliphatic heterocycles. The van der Waals surface area contributed by atoms with Gasteiger partial charge in [-0.25, -0.2) is 0 Å². The number of aromatic nitrogens is 1. The van der Waals surface area contributed by atoms with E-state index in [0.717, 1.165) is 28.6 Å². The van der Waals surface area contributed by atoms with Gasteiger partial charge in [-0.1, -0.05) is 18.2 Å². The number of halogens is 3. The van der Waals surface area contributed by atoms with E-state index in [9.17, 15) is 23.2 Å². The molecule has 0 saturated carbocycles. The summed E-state index contributed by atoms with van der Waals surface area (Å²) in [5.41, 5.74) is 1.44. The Hall–Kier alpha value is -4.67. The first-order chi connectivity index (χ1) is 20.2. The smallest absolute Gasteiger partial charge is 0.380 e. The number of pyridine rings is 1. The lowest BCUT2D eigenvalue weighted by Gasteiger charge is -2.34. The number of fused-ring (bicyclic) bond motifs is 1. The standard InChI is InChI=1S/C29H27F3N8OS/c1-39-9-11-40(12-10-39)28(36-18-33)38-22-15-20(29(30,31)32)14-21(16-22)37-27(41)26-25(7-13-42-26)35-17-19-6-8-34-24-5-3-2-4-23(19)24/h2-8,13-16,35H,9-12,17H2,1H3,(H,36,38)(H,37,41). The van der Waals surface area contributed by atoms with E-state index in [0.29, 0.717) is 43.3 Å². The number of nitrogens with zero attached hydrogens (tertiary/aromatic N) is 5. The molecule has 4 aromatic rings. The van der Waals surface area contributed by atoms with Gasteiger partial charge in [-0.3, -0.25) is 9.78 Å². The van der Waals surface area contributed by atoms with Crippen LogP contribution in [0, 0.1) is 11.5 Å². The highest BCUT2D eigenvalue weighted by molar-refractivity contribution is 7.12. The van der Waals surface area contributed by atoms with Gasteiger partial charge < -0.3 is 25.8 Å². The van der Waals surface area contributed by atoms with Crippen LogP contribution in [-0.2, 0) is 12.7 Å². The zero-order valence-corrected chi connectivity index (χ0v) is 23.4. The van der Waals surface area contributed by atoms with Crippen molar-refractivity contribution in [1.29, 1.82) is 5.26 Å². The third kappa shape index (κ3) is 6.79. The molecule has 0 atom stereocenters. The number of nitriles is 1. The van der Waals surface area contributed by atoms with E-state index in [2.05, 4.69) is 30.8 Å². The molecule has 13 heteroatoms. The van der Waals surface area contributed by atoms with E-state index in [1.807, 2.05) is 37.4 Å². The summed E-state index contributed by atoms with van der Waals surface area (Å²) in [4.78, 5) is 25.7. The summed E-state index contributed by atoms with van der Waals surface area (Å²) < 4.78 is 41.5. The second-order valence-electron chi connectivity index (χ2n) is 9.71. The van der Waals surface area contributed by atoms with Gasteiger partial charge in [0.25, 0.3) is 5.91 Å². The summed E-state index contributed by atoms with van der Waals surface area (Å²) in [7, 11) is 1.96. The van der Waals surface area contributed by atoms with Crippen LogP contribution in [0.3, 0.4) is 0 Å². The second kappa shape index (κ2) is 12.5. The average molecular weight is 593 g/mol. The maximum atomic E-state index is 13.8. The number of benzene rings is 2. The van der Waals surface area contributed by atoms with E-state index in [1.54, 1.807) is 28.7 Å². The Bertz CT molecular complexity index is 1650. The van der Waals surface area contributed by atoms with E-state index < -0.39 is 17.6 Å². The Balaban J connectivity index is 1.35. The van der Waals surface area contributed by atoms with E-state index in [4.69, 9.17) is 0 Å². The van der Waals surface area contributed by atoms with Crippen molar-refractivity contribution in [1.82, 2.24) is 14.8 Å². The Morgan fingerprint density at radius 1 is 1.07 bits per heavy atom. The highest BCUT2D eigenvalue weighted by Crippen LogP contribution is 2.34. The van der Waals surface area contributed by atoms with Crippen LogP contribution in [0.15, 0.2) is 71.2 Å². The first-order valence-electron chi connectivity index (χ1n) is 13.1. The number of amides is 1. The summed E-state index contributed by atoms with van der Waals surface area (Å²) in [5, 5.41) is 20.7. The third-order valence-corrected chi connectivity index (χ3v) is 7.73. The first kappa shape index (κ1) is 28.8. The van der Waals surface area contributed by atoms with Crippen LogP contribution in [-0.4, -0.2) is 59.9 Å². The Labute approximate surface area is 244 Å². The van der Waals surface area contributed by atoms with Crippen LogP contribution in [0.2, 0.25) is 0 Å². The SMILES string of the molecule is CN1CCN(/C(=N\C#N)Nc2cc(NC(=O)c3sccc3NCc3ccnc4ccccc34)cc(C(F)(F)F)c2)CC1. The number of hydrogen-bond acceptors (Lipinski definition) is 7. The van der Waals surface area contributed by atoms with Crippen LogP contribution >= 0.6 is 11.3 Å². The fourth-order valence-corrected chi connectivity index (χ4v) is 5.39. The number of rotatable bonds is 6. The van der Waals surface area contributed by atoms with Gasteiger partial charge in [-0.15, -0.1) is 16.3 Å². The molecular formula is C29H27F3N8OS. The predicted octanol–water partition coefficient (Wildman–Crippen LogP) is 5.68. The Morgan fingerprint density at radius 3 is 2.55 bits per heavy atom. The largest absolute Gasteiger partial charge is 0.416 e. The number of anilines is 3. The van der Waals surface area contributed by atoms with Crippen LogP contribution in [0.5, 0.6) is 0 Å². The molecule has 2 aromatic carbocycles. The third-order valence-electron chi connectivity index (χ3n) is 6.81. The van der Waals surface area contributed by atoms with Gasteiger partial charge in [0.05, 0.1) is 16.8 Å². The van der Waals surface area contributed by atoms with Crippen molar-refractivity contribution in [2.75, 3.05) is 49.2 Å². The average Bonchev–Trinajstić information content (AvgIpc) is 3.45. The van der Waals surface area contributed by atoms with Crippen molar-refractivity contribution in [2.45, 2.75) is 12.7 Å². The Morgan fingerprint density at radius 2 is 1.81 bits per heavy atom. The molecule has 1 saturated heterocycles. The van der Waals surface area contributed by atoms with E-state index >= 15 is 0 Å². The molecule has 0 bridgehead atoms. The van der Waals surface area contributed by atoms with Gasteiger partial charge >= 0.3 is 6.18 Å². The van der Waals surface area contributed by atoms with E-state index in [-0.39, 0.29) is 17.3 Å². The lowest BCUT2D eigenvalue weighted by atomic mass is 10.1. The molecule has 2 aromatic heterocycles. The van der Waals surface area contributed by atoms with Gasteiger partial charge in [0, 0.05) is 55.7 Å². The van der Waals surface area contributed by atoms with Gasteiger partial charge in [-0.05, 0) is 54.4 Å². The number of nitrogens with one attached hydrogen (secondary N) is 3. The molecule has 0 unspecified atom stereocenters. The molecule has 3 heterocycles. The van der Waals surface area contributed by atoms with Gasteiger partial charge in [0.1, 0.15) is 4.88 Å². The maximum absolute atomic E-state index is 13.8. The molecule has 0 spiro atoms. The van der Waals surface area contributed by atoms with Crippen molar-refractivity contribution >= 4 is 51.2 Å². The number of piperazine rings is 1. The molecule has 42 heavy (non-hydrogen) atoms. The molecule has 1 fully saturated rings. The molecule has 1 amide bonds. The molecule has 0 radical (unpaired) electrons. The number of aliphatic imine (C=N–C) groups is 1. The quantitative estimate of drug-likeness (QED) is 0.150. The molecule has 216 valence electrons. The zero-order chi connectivity index (χ0) is 29.7. The van der Waals surface area contributed by atoms with Crippen molar-refractivity contribution in [2.24, 2.45) is 4.99 Å². The minimum atomic E-state index is -4.67. The number of alkyl halides is 3. The molecule has 0 aliphatic carbocycles. The van der Waals surface area contributed by atoms with Crippen molar-refractivity contribution in [3.63, 3.8) is 0 Å². The fraction of sp³-hybridized carbons (Fsp3) is 0.241. The predicted molar refractivity (Wildman–Crippen MR) is 159 cm³/mol. The van der Waals surface area contributed by atoms with Crippen molar-refractivity contribution < 1.29 is 18.0 Å². The summed E-state index contributed by atoms with van der Waals surface area (Å²) in [6, 6.07) is 14.6. The number of para-hydroxylation sites is 1. The lowest BCUT2D eigenvalue weighted by Crippen LogP contribution is -2.49. The Kier molecular flexibility index (Phi) is 8.56. The maximum Gasteiger partial charge on any atom is 0.416 e. The summed E-state index contributed by atoms with van der Waals surface area (Å²) in [6.45, 7) is 2.95. The number of carbonyl (C=O) groups is 1. The van der Waals surface area contributed by atoms with Crippen LogP contribution in [0.4, 0.5) is 30.2 Å². The topological polar surface area (TPSA) is 109 Å². The minimum Gasteiger partial charge on any atom is -0.380 e. The molecule has 5 rings (SSSR count). The highest BCUT2D eigenvalue weighted by atomic mass is 32.1. The number of likely N-dealkylation sites (N-methyl/N-ethyl adjacent to an activating group) is 1. The molecular weight excluding hydrogens is 565 g/mol. The monoisotopic (exact) mass is 592 g/mol. The van der Waals surface area contributed by atoms with Crippen LogP contribution in [0.25, 0.3) is 10.9 Å². The summed E-state index contributed by atoms with van der Waals surface area (Å²) >= 11 is 1.18. The number of guanidine groups is 1. The summed E-state index contributed by atoms with van der Waals surface area (Å²) in [5.74, 6) is -0.405. The lowest BCUT2D eigenvalue weighted by molar-refractivity contribution is -0.137. The molecule has 1 aliphatic rings. The highest BCUT2D eigenvalue weighted by Gasteiger charge is 2.32. The van der Waals surface area contributed by atoms with Gasteiger partial charge in [0.15, 0.2) is 0 Å². The summed E-state index contributed by atoms with van der Waals surface area (Å²) in [6.07, 6.45) is -1.23. The number of thiophene rings is 1. The van der Waals surface area contributed by atoms with E-state index in [1.165, 1.54) is 17.4 Å².